The number of ether oxygens (including phenoxy) is 1. The molecule has 0 bridgehead atoms. The van der Waals surface area contributed by atoms with E-state index < -0.39 is 0 Å². The van der Waals surface area contributed by atoms with Crippen LogP contribution in [-0.4, -0.2) is 24.3 Å². The lowest BCUT2D eigenvalue weighted by molar-refractivity contribution is -0.209. The van der Waals surface area contributed by atoms with E-state index in [9.17, 15) is 0 Å². The molecule has 1 spiro atoms. The fraction of sp³-hybridized carbons (Fsp3) is 1.00. The van der Waals surface area contributed by atoms with E-state index in [-0.39, 0.29) is 11.2 Å². The van der Waals surface area contributed by atoms with Crippen LogP contribution in [0.5, 0.6) is 0 Å². The van der Waals surface area contributed by atoms with Crippen molar-refractivity contribution < 1.29 is 4.74 Å². The van der Waals surface area contributed by atoms with Gasteiger partial charge in [-0.05, 0) is 44.4 Å². The van der Waals surface area contributed by atoms with Gasteiger partial charge in [-0.2, -0.15) is 0 Å². The number of morpholine rings is 1. The first kappa shape index (κ1) is 12.4. The molecule has 1 saturated heterocycles. The third-order valence-electron chi connectivity index (χ3n) is 4.84. The van der Waals surface area contributed by atoms with Crippen molar-refractivity contribution >= 4 is 0 Å². The van der Waals surface area contributed by atoms with E-state index in [0.717, 1.165) is 25.4 Å². The third-order valence-corrected chi connectivity index (χ3v) is 4.84. The highest BCUT2D eigenvalue weighted by Gasteiger charge is 2.47. The van der Waals surface area contributed by atoms with E-state index in [1.54, 1.807) is 0 Å². The summed E-state index contributed by atoms with van der Waals surface area (Å²) in [5, 5.41) is 3.61. The second-order valence-electron chi connectivity index (χ2n) is 6.35. The molecule has 1 saturated carbocycles. The summed E-state index contributed by atoms with van der Waals surface area (Å²) in [5.41, 5.74) is 0.169. The second kappa shape index (κ2) is 4.30. The quantitative estimate of drug-likeness (QED) is 0.741. The Morgan fingerprint density at radius 3 is 2.69 bits per heavy atom. The molecule has 2 heteroatoms. The van der Waals surface area contributed by atoms with Crippen molar-refractivity contribution in [3.8, 4) is 0 Å². The van der Waals surface area contributed by atoms with Gasteiger partial charge < -0.3 is 10.1 Å². The minimum Gasteiger partial charge on any atom is -0.366 e. The SMILES string of the molecule is CCC1(C)CNCC2(CCC(C)CC2C)O1. The Morgan fingerprint density at radius 2 is 2.06 bits per heavy atom. The second-order valence-corrected chi connectivity index (χ2v) is 6.35. The predicted octanol–water partition coefficient (Wildman–Crippen LogP) is 2.97. The Balaban J connectivity index is 2.12. The van der Waals surface area contributed by atoms with E-state index in [2.05, 4.69) is 33.0 Å². The molecule has 4 unspecified atom stereocenters. The van der Waals surface area contributed by atoms with Crippen LogP contribution in [0.3, 0.4) is 0 Å². The molecule has 2 nitrogen and oxygen atoms in total. The fourth-order valence-electron chi connectivity index (χ4n) is 3.39. The maximum Gasteiger partial charge on any atom is 0.0839 e. The van der Waals surface area contributed by atoms with Gasteiger partial charge in [0.15, 0.2) is 0 Å². The van der Waals surface area contributed by atoms with Gasteiger partial charge in [0.25, 0.3) is 0 Å². The van der Waals surface area contributed by atoms with Gasteiger partial charge in [0, 0.05) is 13.1 Å². The lowest BCUT2D eigenvalue weighted by atomic mass is 9.71. The molecular weight excluding hydrogens is 198 g/mol. The van der Waals surface area contributed by atoms with Crippen LogP contribution < -0.4 is 5.32 Å². The zero-order valence-electron chi connectivity index (χ0n) is 11.3. The molecule has 0 aromatic heterocycles. The van der Waals surface area contributed by atoms with Crippen LogP contribution in [0.2, 0.25) is 0 Å². The van der Waals surface area contributed by atoms with Gasteiger partial charge in [-0.3, -0.25) is 0 Å². The first-order valence-corrected chi connectivity index (χ1v) is 6.90. The Bertz CT molecular complexity index is 255. The Morgan fingerprint density at radius 1 is 1.31 bits per heavy atom. The topological polar surface area (TPSA) is 21.3 Å². The Labute approximate surface area is 100 Å². The maximum atomic E-state index is 6.55. The van der Waals surface area contributed by atoms with Crippen molar-refractivity contribution in [3.05, 3.63) is 0 Å². The molecular formula is C14H27NO. The highest BCUT2D eigenvalue weighted by atomic mass is 16.5. The molecule has 2 rings (SSSR count). The van der Waals surface area contributed by atoms with Gasteiger partial charge in [-0.1, -0.05) is 20.8 Å². The normalized spacial score (nSPS) is 49.5. The van der Waals surface area contributed by atoms with Gasteiger partial charge in [0.05, 0.1) is 11.2 Å². The summed E-state index contributed by atoms with van der Waals surface area (Å²) in [6.07, 6.45) is 4.98. The van der Waals surface area contributed by atoms with Gasteiger partial charge in [-0.25, -0.2) is 0 Å². The van der Waals surface area contributed by atoms with Crippen LogP contribution >= 0.6 is 0 Å². The summed E-state index contributed by atoms with van der Waals surface area (Å²) in [6.45, 7) is 11.3. The Hall–Kier alpha value is -0.0800. The minimum absolute atomic E-state index is 0.0487. The molecule has 4 atom stereocenters. The van der Waals surface area contributed by atoms with Crippen molar-refractivity contribution in [1.82, 2.24) is 5.32 Å². The van der Waals surface area contributed by atoms with Crippen molar-refractivity contribution in [2.24, 2.45) is 11.8 Å². The minimum atomic E-state index is 0.0487. The highest BCUT2D eigenvalue weighted by molar-refractivity contribution is 4.99. The van der Waals surface area contributed by atoms with E-state index in [1.165, 1.54) is 19.3 Å². The monoisotopic (exact) mass is 225 g/mol. The fourth-order valence-corrected chi connectivity index (χ4v) is 3.39. The molecule has 1 heterocycles. The summed E-state index contributed by atoms with van der Waals surface area (Å²) >= 11 is 0. The summed E-state index contributed by atoms with van der Waals surface area (Å²) in [6, 6.07) is 0. The number of rotatable bonds is 1. The van der Waals surface area contributed by atoms with Crippen molar-refractivity contribution in [1.29, 1.82) is 0 Å². The molecule has 1 aliphatic heterocycles. The van der Waals surface area contributed by atoms with Crippen LogP contribution in [0.15, 0.2) is 0 Å². The van der Waals surface area contributed by atoms with Gasteiger partial charge in [0.2, 0.25) is 0 Å². The average molecular weight is 225 g/mol. The molecule has 16 heavy (non-hydrogen) atoms. The van der Waals surface area contributed by atoms with Gasteiger partial charge in [0.1, 0.15) is 0 Å². The van der Waals surface area contributed by atoms with Crippen LogP contribution in [-0.2, 0) is 4.74 Å². The predicted molar refractivity (Wildman–Crippen MR) is 67.6 cm³/mol. The lowest BCUT2D eigenvalue weighted by Crippen LogP contribution is -2.62. The molecule has 0 aromatic rings. The smallest absolute Gasteiger partial charge is 0.0839 e. The first-order chi connectivity index (χ1) is 7.50. The van der Waals surface area contributed by atoms with Crippen LogP contribution in [0.1, 0.15) is 53.4 Å². The van der Waals surface area contributed by atoms with Crippen LogP contribution in [0.25, 0.3) is 0 Å². The molecule has 0 aromatic carbocycles. The maximum absolute atomic E-state index is 6.55. The van der Waals surface area contributed by atoms with E-state index >= 15 is 0 Å². The van der Waals surface area contributed by atoms with Crippen molar-refractivity contribution in [2.75, 3.05) is 13.1 Å². The van der Waals surface area contributed by atoms with Crippen molar-refractivity contribution in [2.45, 2.75) is 64.6 Å². The van der Waals surface area contributed by atoms with Crippen LogP contribution in [0.4, 0.5) is 0 Å². The summed E-state index contributed by atoms with van der Waals surface area (Å²) < 4.78 is 6.55. The molecule has 94 valence electrons. The lowest BCUT2D eigenvalue weighted by Gasteiger charge is -2.53. The number of nitrogens with one attached hydrogen (secondary N) is 1. The first-order valence-electron chi connectivity index (χ1n) is 6.90. The standard InChI is InChI=1S/C14H27NO/c1-5-13(4)9-15-10-14(16-13)7-6-11(2)8-12(14)3/h11-12,15H,5-10H2,1-4H3. The zero-order chi connectivity index (χ0) is 11.8. The average Bonchev–Trinajstić information content (AvgIpc) is 2.25. The van der Waals surface area contributed by atoms with Gasteiger partial charge >= 0.3 is 0 Å². The molecule has 1 aliphatic carbocycles. The largest absolute Gasteiger partial charge is 0.366 e. The van der Waals surface area contributed by atoms with Crippen LogP contribution in [0, 0.1) is 11.8 Å². The summed E-state index contributed by atoms with van der Waals surface area (Å²) in [7, 11) is 0. The molecule has 0 radical (unpaired) electrons. The van der Waals surface area contributed by atoms with E-state index in [1.807, 2.05) is 0 Å². The third kappa shape index (κ3) is 2.14. The van der Waals surface area contributed by atoms with Gasteiger partial charge in [-0.15, -0.1) is 0 Å². The number of hydrogen-bond donors (Lipinski definition) is 1. The van der Waals surface area contributed by atoms with E-state index in [0.29, 0.717) is 5.92 Å². The number of hydrogen-bond acceptors (Lipinski definition) is 2. The molecule has 2 aliphatic rings. The summed E-state index contributed by atoms with van der Waals surface area (Å²) in [4.78, 5) is 0. The summed E-state index contributed by atoms with van der Waals surface area (Å²) in [5.74, 6) is 1.56. The van der Waals surface area contributed by atoms with E-state index in [4.69, 9.17) is 4.74 Å². The zero-order valence-corrected chi connectivity index (χ0v) is 11.3. The Kier molecular flexibility index (Phi) is 3.33. The van der Waals surface area contributed by atoms with Crippen molar-refractivity contribution in [3.63, 3.8) is 0 Å². The molecule has 0 amide bonds. The molecule has 1 N–H and O–H groups in total. The highest BCUT2D eigenvalue weighted by Crippen LogP contribution is 2.43. The molecule has 2 fully saturated rings.